The monoisotopic (exact) mass is 614 g/mol. The van der Waals surface area contributed by atoms with Crippen molar-refractivity contribution in [1.29, 1.82) is 0 Å². The summed E-state index contributed by atoms with van der Waals surface area (Å²) in [6, 6.07) is 29.6. The first kappa shape index (κ1) is 36.3. The molecule has 1 aromatic heterocycles. The van der Waals surface area contributed by atoms with Crippen LogP contribution >= 0.6 is 0 Å². The van der Waals surface area contributed by atoms with Crippen LogP contribution in [0.3, 0.4) is 0 Å². The number of aryl methyl sites for hydroxylation is 3. The van der Waals surface area contributed by atoms with Gasteiger partial charge in [0.15, 0.2) is 5.78 Å². The number of ketones is 1. The normalized spacial score (nSPS) is 11.0. The number of benzene rings is 3. The van der Waals surface area contributed by atoms with Crippen molar-refractivity contribution in [2.24, 2.45) is 0 Å². The van der Waals surface area contributed by atoms with Crippen molar-refractivity contribution in [2.45, 2.75) is 96.6 Å². The zero-order valence-corrected chi connectivity index (χ0v) is 29.3. The van der Waals surface area contributed by atoms with E-state index in [1.54, 1.807) is 0 Å². The van der Waals surface area contributed by atoms with Crippen LogP contribution in [0.4, 0.5) is 5.69 Å². The second kappa shape index (κ2) is 19.4. The van der Waals surface area contributed by atoms with Crippen LogP contribution in [0.5, 0.6) is 0 Å². The fourth-order valence-electron chi connectivity index (χ4n) is 5.87. The molecule has 0 aliphatic rings. The molecule has 45 heavy (non-hydrogen) atoms. The van der Waals surface area contributed by atoms with Gasteiger partial charge in [-0.25, -0.2) is 0 Å². The molecule has 0 amide bonds. The smallest absolute Gasteiger partial charge is 0.550 e. The fourth-order valence-corrected chi connectivity index (χ4v) is 5.87. The van der Waals surface area contributed by atoms with Gasteiger partial charge in [0.05, 0.1) is 0 Å². The number of carboxylic acids is 1. The summed E-state index contributed by atoms with van der Waals surface area (Å²) >= 11 is 0. The maximum atomic E-state index is 13.8. The quantitative estimate of drug-likeness (QED) is 0.0919. The largest absolute Gasteiger partial charge is 1.00 e. The van der Waals surface area contributed by atoms with E-state index in [2.05, 4.69) is 85.9 Å². The number of unbranched alkanes of at least 4 members (excludes halogenated alkanes) is 2. The maximum Gasteiger partial charge on any atom is 1.00 e. The molecule has 0 atom stereocenters. The minimum atomic E-state index is -1.05. The van der Waals surface area contributed by atoms with Crippen molar-refractivity contribution in [1.82, 2.24) is 4.57 Å². The Hall–Kier alpha value is -3.12. The third-order valence-electron chi connectivity index (χ3n) is 8.29. The molecule has 6 heteroatoms. The molecule has 0 saturated heterocycles. The van der Waals surface area contributed by atoms with Gasteiger partial charge < -0.3 is 19.8 Å². The Bertz CT molecular complexity index is 1400. The number of nitrogens with zero attached hydrogens (tertiary/aromatic N) is 1. The summed E-state index contributed by atoms with van der Waals surface area (Å²) in [4.78, 5) is 24.6. The molecule has 0 aliphatic heterocycles. The molecule has 0 saturated carbocycles. The molecule has 0 bridgehead atoms. The van der Waals surface area contributed by atoms with E-state index in [9.17, 15) is 14.7 Å². The van der Waals surface area contributed by atoms with Gasteiger partial charge in [-0.2, -0.15) is 0 Å². The number of hydrogen-bond acceptors (Lipinski definition) is 4. The summed E-state index contributed by atoms with van der Waals surface area (Å²) in [7, 11) is 0. The number of nitrogens with one attached hydrogen (secondary N) is 1. The van der Waals surface area contributed by atoms with Crippen molar-refractivity contribution in [3.8, 4) is 0 Å². The summed E-state index contributed by atoms with van der Waals surface area (Å²) in [6.07, 6.45) is 13.3. The van der Waals surface area contributed by atoms with Crippen LogP contribution in [0, 0.1) is 0 Å². The van der Waals surface area contributed by atoms with Crippen LogP contribution in [0.1, 0.15) is 104 Å². The van der Waals surface area contributed by atoms with Crippen LogP contribution in [0.2, 0.25) is 0 Å². The van der Waals surface area contributed by atoms with Gasteiger partial charge in [-0.1, -0.05) is 99.5 Å². The average molecular weight is 615 g/mol. The number of carboxylic acid groups (broad SMARTS) is 1. The van der Waals surface area contributed by atoms with Crippen molar-refractivity contribution < 1.29 is 44.3 Å². The molecular weight excluding hydrogens is 567 g/mol. The molecule has 4 rings (SSSR count). The topological polar surface area (TPSA) is 74.2 Å². The molecule has 3 aromatic carbocycles. The third-order valence-corrected chi connectivity index (χ3v) is 8.29. The predicted molar refractivity (Wildman–Crippen MR) is 178 cm³/mol. The fraction of sp³-hybridized carbons (Fsp3) is 0.385. The summed E-state index contributed by atoms with van der Waals surface area (Å²) in [5, 5.41) is 14.6. The predicted octanol–water partition coefficient (Wildman–Crippen LogP) is 4.98. The van der Waals surface area contributed by atoms with Crippen LogP contribution < -0.4 is 40.0 Å². The number of carbonyl (C=O) groups excluding carboxylic acids is 2. The van der Waals surface area contributed by atoms with Gasteiger partial charge >= 0.3 is 29.6 Å². The van der Waals surface area contributed by atoms with E-state index in [1.165, 1.54) is 11.1 Å². The number of aliphatic carboxylic acids is 1. The standard InChI is InChI=1S/C39H48N2O3.Na/c1-30(2)36-28-41(26-14-25-38(42)43)29-37(36)39(44)33-21-13-24-35(27-33)40-34(22-11-9-19-31-15-5-3-6-16-31)23-12-10-20-32-17-7-4-8-18-32;/h3-8,13,15-18,21,24,27-30,34,40H,9-12,14,19-20,22-23,25-26H2,1-2H3,(H,42,43);/q;+1/p-1. The summed E-state index contributed by atoms with van der Waals surface area (Å²) in [6.45, 7) is 4.70. The van der Waals surface area contributed by atoms with Gasteiger partial charge in [-0.15, -0.1) is 0 Å². The zero-order chi connectivity index (χ0) is 31.1. The second-order valence-electron chi connectivity index (χ2n) is 12.2. The van der Waals surface area contributed by atoms with Crippen LogP contribution in [-0.4, -0.2) is 22.4 Å². The Morgan fingerprint density at radius 1 is 0.756 bits per heavy atom. The molecule has 0 aliphatic carbocycles. The Morgan fingerprint density at radius 3 is 1.91 bits per heavy atom. The average Bonchev–Trinajstić information content (AvgIpc) is 3.46. The summed E-state index contributed by atoms with van der Waals surface area (Å²) in [5.74, 6) is -0.875. The first-order chi connectivity index (χ1) is 21.4. The minimum Gasteiger partial charge on any atom is -0.550 e. The SMILES string of the molecule is CC(C)c1cn(CCCC(=O)[O-])cc1C(=O)c1cccc(NC(CCCCc2ccccc2)CCCCc2ccccc2)c1.[Na+]. The van der Waals surface area contributed by atoms with E-state index in [0.717, 1.165) is 62.6 Å². The van der Waals surface area contributed by atoms with Gasteiger partial charge in [0, 0.05) is 47.8 Å². The summed E-state index contributed by atoms with van der Waals surface area (Å²) in [5.41, 5.74) is 6.09. The van der Waals surface area contributed by atoms with Gasteiger partial charge in [0.2, 0.25) is 0 Å². The van der Waals surface area contributed by atoms with E-state index < -0.39 is 5.97 Å². The molecule has 232 valence electrons. The van der Waals surface area contributed by atoms with Crippen LogP contribution in [0.25, 0.3) is 0 Å². The van der Waals surface area contributed by atoms with Crippen molar-refractivity contribution in [3.05, 3.63) is 125 Å². The molecule has 0 unspecified atom stereocenters. The van der Waals surface area contributed by atoms with Crippen molar-refractivity contribution >= 4 is 17.4 Å². The molecule has 0 spiro atoms. The Labute approximate surface area is 291 Å². The second-order valence-corrected chi connectivity index (χ2v) is 12.2. The van der Waals surface area contributed by atoms with E-state index in [4.69, 9.17) is 0 Å². The number of rotatable bonds is 19. The van der Waals surface area contributed by atoms with Crippen molar-refractivity contribution in [3.63, 3.8) is 0 Å². The zero-order valence-electron chi connectivity index (χ0n) is 27.3. The van der Waals surface area contributed by atoms with Gasteiger partial charge in [-0.05, 0) is 86.1 Å². The molecule has 1 heterocycles. The van der Waals surface area contributed by atoms with E-state index in [1.807, 2.05) is 35.2 Å². The molecular formula is C39H47N2NaO3. The van der Waals surface area contributed by atoms with E-state index >= 15 is 0 Å². The summed E-state index contributed by atoms with van der Waals surface area (Å²) < 4.78 is 1.94. The minimum absolute atomic E-state index is 0. The maximum absolute atomic E-state index is 13.8. The Balaban J connectivity index is 0.00000552. The van der Waals surface area contributed by atoms with Crippen LogP contribution in [-0.2, 0) is 24.2 Å². The molecule has 4 aromatic rings. The molecule has 1 N–H and O–H groups in total. The van der Waals surface area contributed by atoms with E-state index in [-0.39, 0.29) is 47.7 Å². The number of aromatic nitrogens is 1. The third kappa shape index (κ3) is 12.3. The van der Waals surface area contributed by atoms with Gasteiger partial charge in [0.1, 0.15) is 0 Å². The van der Waals surface area contributed by atoms with Gasteiger partial charge in [-0.3, -0.25) is 4.79 Å². The van der Waals surface area contributed by atoms with Crippen molar-refractivity contribution in [2.75, 3.05) is 5.32 Å². The molecule has 5 nitrogen and oxygen atoms in total. The number of hydrogen-bond donors (Lipinski definition) is 1. The van der Waals surface area contributed by atoms with Gasteiger partial charge in [0.25, 0.3) is 0 Å². The first-order valence-corrected chi connectivity index (χ1v) is 16.3. The number of anilines is 1. The Kier molecular flexibility index (Phi) is 15.7. The Morgan fingerprint density at radius 2 is 1.36 bits per heavy atom. The first-order valence-electron chi connectivity index (χ1n) is 16.3. The van der Waals surface area contributed by atoms with E-state index in [0.29, 0.717) is 30.1 Å². The van der Waals surface area contributed by atoms with Crippen LogP contribution in [0.15, 0.2) is 97.3 Å². The molecule has 0 fully saturated rings. The molecule has 0 radical (unpaired) electrons. The number of carbonyl (C=O) groups is 2.